The van der Waals surface area contributed by atoms with E-state index >= 15 is 0 Å². The van der Waals surface area contributed by atoms with E-state index in [0.29, 0.717) is 6.54 Å². The lowest BCUT2D eigenvalue weighted by Crippen LogP contribution is -2.41. The van der Waals surface area contributed by atoms with E-state index in [2.05, 4.69) is 4.90 Å². The molecule has 0 aromatic rings. The van der Waals surface area contributed by atoms with Gasteiger partial charge in [-0.15, -0.1) is 0 Å². The van der Waals surface area contributed by atoms with E-state index in [-0.39, 0.29) is 18.2 Å². The summed E-state index contributed by atoms with van der Waals surface area (Å²) in [5.41, 5.74) is 0. The van der Waals surface area contributed by atoms with Crippen LogP contribution in [0.3, 0.4) is 0 Å². The molecule has 2 unspecified atom stereocenters. The zero-order chi connectivity index (χ0) is 12.8. The highest BCUT2D eigenvalue weighted by molar-refractivity contribution is 5.71. The van der Waals surface area contributed by atoms with E-state index in [1.165, 1.54) is 7.11 Å². The fraction of sp³-hybridized carbons (Fsp3) is 0.923. The van der Waals surface area contributed by atoms with Crippen LogP contribution in [0, 0.1) is 0 Å². The van der Waals surface area contributed by atoms with E-state index in [9.17, 15) is 4.79 Å². The molecule has 5 nitrogen and oxygen atoms in total. The summed E-state index contributed by atoms with van der Waals surface area (Å²) < 4.78 is 16.0. The van der Waals surface area contributed by atoms with Crippen LogP contribution in [0.4, 0.5) is 0 Å². The minimum absolute atomic E-state index is 0.189. The maximum atomic E-state index is 11.4. The summed E-state index contributed by atoms with van der Waals surface area (Å²) >= 11 is 0. The molecule has 0 radical (unpaired) electrons. The molecule has 2 aliphatic heterocycles. The summed E-state index contributed by atoms with van der Waals surface area (Å²) in [4.78, 5) is 13.5. The van der Waals surface area contributed by atoms with Crippen molar-refractivity contribution >= 4 is 5.97 Å². The zero-order valence-electron chi connectivity index (χ0n) is 11.1. The molecular weight excluding hydrogens is 234 g/mol. The van der Waals surface area contributed by atoms with Gasteiger partial charge in [-0.25, -0.2) is 0 Å². The normalized spacial score (nSPS) is 27.9. The van der Waals surface area contributed by atoms with Gasteiger partial charge in [0.1, 0.15) is 0 Å². The van der Waals surface area contributed by atoms with Gasteiger partial charge in [-0.05, 0) is 25.7 Å². The summed E-state index contributed by atoms with van der Waals surface area (Å²) in [6, 6.07) is 0. The maximum Gasteiger partial charge on any atom is 0.319 e. The van der Waals surface area contributed by atoms with Crippen molar-refractivity contribution in [2.45, 2.75) is 37.9 Å². The van der Waals surface area contributed by atoms with Gasteiger partial charge in [-0.1, -0.05) is 0 Å². The van der Waals surface area contributed by atoms with Crippen molar-refractivity contribution in [3.63, 3.8) is 0 Å². The Hall–Kier alpha value is -0.650. The first-order valence-electron chi connectivity index (χ1n) is 6.80. The molecule has 0 bridgehead atoms. The van der Waals surface area contributed by atoms with Gasteiger partial charge in [-0.2, -0.15) is 0 Å². The molecule has 2 heterocycles. The second kappa shape index (κ2) is 7.07. The third-order valence-corrected chi connectivity index (χ3v) is 3.55. The molecule has 5 heteroatoms. The fourth-order valence-corrected chi connectivity index (χ4v) is 2.60. The summed E-state index contributed by atoms with van der Waals surface area (Å²) in [6.45, 7) is 3.62. The van der Waals surface area contributed by atoms with Crippen LogP contribution in [-0.4, -0.2) is 63.0 Å². The molecule has 0 saturated carbocycles. The van der Waals surface area contributed by atoms with Gasteiger partial charge in [0.05, 0.1) is 25.9 Å². The van der Waals surface area contributed by atoms with Crippen molar-refractivity contribution in [2.24, 2.45) is 0 Å². The number of hydrogen-bond donors (Lipinski definition) is 0. The molecule has 18 heavy (non-hydrogen) atoms. The molecule has 0 aromatic heterocycles. The molecule has 2 aliphatic rings. The van der Waals surface area contributed by atoms with Gasteiger partial charge in [0.15, 0.2) is 0 Å². The quantitative estimate of drug-likeness (QED) is 0.659. The monoisotopic (exact) mass is 257 g/mol. The minimum atomic E-state index is -0.189. The predicted octanol–water partition coefficient (Wildman–Crippen LogP) is 0.819. The first kappa shape index (κ1) is 13.8. The molecular formula is C13H23NO4. The van der Waals surface area contributed by atoms with Crippen molar-refractivity contribution in [1.82, 2.24) is 4.90 Å². The molecule has 2 fully saturated rings. The smallest absolute Gasteiger partial charge is 0.319 e. The Labute approximate surface area is 108 Å². The summed E-state index contributed by atoms with van der Waals surface area (Å²) in [6.07, 6.45) is 4.94. The Balaban J connectivity index is 1.81. The highest BCUT2D eigenvalue weighted by atomic mass is 16.5. The van der Waals surface area contributed by atoms with Gasteiger partial charge >= 0.3 is 5.97 Å². The van der Waals surface area contributed by atoms with Crippen molar-refractivity contribution in [2.75, 3.05) is 40.0 Å². The first-order valence-corrected chi connectivity index (χ1v) is 6.80. The van der Waals surface area contributed by atoms with E-state index in [4.69, 9.17) is 14.2 Å². The number of carbonyl (C=O) groups excluding carboxylic acids is 1. The zero-order valence-corrected chi connectivity index (χ0v) is 11.1. The Morgan fingerprint density at radius 1 is 1.17 bits per heavy atom. The summed E-state index contributed by atoms with van der Waals surface area (Å²) in [7, 11) is 1.43. The Bertz CT molecular complexity index is 242. The van der Waals surface area contributed by atoms with Crippen LogP contribution in [-0.2, 0) is 19.0 Å². The summed E-state index contributed by atoms with van der Waals surface area (Å²) in [5, 5.41) is 0. The largest absolute Gasteiger partial charge is 0.468 e. The predicted molar refractivity (Wildman–Crippen MR) is 66.4 cm³/mol. The second-order valence-corrected chi connectivity index (χ2v) is 5.04. The standard InChI is InChI=1S/C13H23NO4/c1-16-13(15)10-14(8-11-4-2-6-17-11)9-12-5-3-7-18-12/h11-12H,2-10H2,1H3. The highest BCUT2D eigenvalue weighted by Crippen LogP contribution is 2.17. The van der Waals surface area contributed by atoms with Crippen LogP contribution < -0.4 is 0 Å². The summed E-state index contributed by atoms with van der Waals surface area (Å²) in [5.74, 6) is -0.189. The number of esters is 1. The molecule has 2 rings (SSSR count). The Kier molecular flexibility index (Phi) is 5.41. The lowest BCUT2D eigenvalue weighted by molar-refractivity contribution is -0.142. The highest BCUT2D eigenvalue weighted by Gasteiger charge is 2.25. The van der Waals surface area contributed by atoms with Crippen molar-refractivity contribution in [3.8, 4) is 0 Å². The first-order chi connectivity index (χ1) is 8.78. The van der Waals surface area contributed by atoms with Crippen LogP contribution in [0.5, 0.6) is 0 Å². The van der Waals surface area contributed by atoms with E-state index in [1.807, 2.05) is 0 Å². The van der Waals surface area contributed by atoms with E-state index < -0.39 is 0 Å². The van der Waals surface area contributed by atoms with Crippen molar-refractivity contribution in [3.05, 3.63) is 0 Å². The number of rotatable bonds is 6. The molecule has 0 spiro atoms. The molecule has 104 valence electrons. The second-order valence-electron chi connectivity index (χ2n) is 5.04. The van der Waals surface area contributed by atoms with Crippen LogP contribution >= 0.6 is 0 Å². The third kappa shape index (κ3) is 4.23. The molecule has 0 amide bonds. The number of nitrogens with zero attached hydrogens (tertiary/aromatic N) is 1. The lowest BCUT2D eigenvalue weighted by Gasteiger charge is -2.26. The number of methoxy groups -OCH3 is 1. The van der Waals surface area contributed by atoms with Crippen LogP contribution in [0.2, 0.25) is 0 Å². The van der Waals surface area contributed by atoms with Crippen molar-refractivity contribution in [1.29, 1.82) is 0 Å². The lowest BCUT2D eigenvalue weighted by atomic mass is 10.2. The Morgan fingerprint density at radius 2 is 1.72 bits per heavy atom. The van der Waals surface area contributed by atoms with Crippen LogP contribution in [0.1, 0.15) is 25.7 Å². The van der Waals surface area contributed by atoms with Gasteiger partial charge in [-0.3, -0.25) is 9.69 Å². The minimum Gasteiger partial charge on any atom is -0.468 e. The maximum absolute atomic E-state index is 11.4. The van der Waals surface area contributed by atoms with Crippen LogP contribution in [0.15, 0.2) is 0 Å². The topological polar surface area (TPSA) is 48.0 Å². The SMILES string of the molecule is COC(=O)CN(CC1CCCO1)CC1CCCO1. The average molecular weight is 257 g/mol. The molecule has 0 aliphatic carbocycles. The van der Waals surface area contributed by atoms with Gasteiger partial charge in [0.2, 0.25) is 0 Å². The van der Waals surface area contributed by atoms with Crippen LogP contribution in [0.25, 0.3) is 0 Å². The van der Waals surface area contributed by atoms with Crippen molar-refractivity contribution < 1.29 is 19.0 Å². The number of carbonyl (C=O) groups is 1. The van der Waals surface area contributed by atoms with E-state index in [0.717, 1.165) is 52.0 Å². The number of hydrogen-bond acceptors (Lipinski definition) is 5. The van der Waals surface area contributed by atoms with Gasteiger partial charge < -0.3 is 14.2 Å². The molecule has 2 atom stereocenters. The molecule has 0 aromatic carbocycles. The Morgan fingerprint density at radius 3 is 2.11 bits per heavy atom. The van der Waals surface area contributed by atoms with Gasteiger partial charge in [0.25, 0.3) is 0 Å². The average Bonchev–Trinajstić information content (AvgIpc) is 3.02. The molecule has 2 saturated heterocycles. The fourth-order valence-electron chi connectivity index (χ4n) is 2.60. The van der Waals surface area contributed by atoms with E-state index in [1.54, 1.807) is 0 Å². The third-order valence-electron chi connectivity index (χ3n) is 3.55. The molecule has 0 N–H and O–H groups in total. The van der Waals surface area contributed by atoms with Gasteiger partial charge in [0, 0.05) is 26.3 Å². The number of ether oxygens (including phenoxy) is 3.